The number of rotatable bonds is 4. The van der Waals surface area contributed by atoms with Crippen molar-refractivity contribution in [1.29, 1.82) is 5.26 Å². The molecule has 0 aromatic heterocycles. The van der Waals surface area contributed by atoms with Gasteiger partial charge in [-0.2, -0.15) is 5.26 Å². The van der Waals surface area contributed by atoms with Gasteiger partial charge in [0.1, 0.15) is 0 Å². The van der Waals surface area contributed by atoms with Crippen LogP contribution < -0.4 is 0 Å². The van der Waals surface area contributed by atoms with Crippen LogP contribution in [0.2, 0.25) is 0 Å². The van der Waals surface area contributed by atoms with E-state index in [1.54, 1.807) is 19.9 Å². The number of nitriles is 1. The van der Waals surface area contributed by atoms with E-state index in [0.29, 0.717) is 6.07 Å². The number of halogens is 4. The Labute approximate surface area is 129 Å². The minimum Gasteiger partial charge on any atom is -0.481 e. The second-order valence-corrected chi connectivity index (χ2v) is 6.10. The smallest absolute Gasteiger partial charge is 0.311 e. The van der Waals surface area contributed by atoms with Crippen LogP contribution in [-0.2, 0) is 11.2 Å². The molecule has 7 heteroatoms. The van der Waals surface area contributed by atoms with Crippen LogP contribution in [0.1, 0.15) is 19.4 Å². The summed E-state index contributed by atoms with van der Waals surface area (Å²) in [5.74, 6) is -8.99. The molecule has 1 saturated carbocycles. The van der Waals surface area contributed by atoms with Gasteiger partial charge in [0.2, 0.25) is 0 Å². The number of carboxylic acid groups (broad SMARTS) is 1. The van der Waals surface area contributed by atoms with Crippen molar-refractivity contribution >= 4 is 5.97 Å². The summed E-state index contributed by atoms with van der Waals surface area (Å²) in [5, 5.41) is 18.1. The lowest BCUT2D eigenvalue weighted by molar-refractivity contribution is -0.145. The van der Waals surface area contributed by atoms with E-state index in [0.717, 1.165) is 6.08 Å². The molecule has 2 unspecified atom stereocenters. The Morgan fingerprint density at radius 2 is 1.91 bits per heavy atom. The van der Waals surface area contributed by atoms with Gasteiger partial charge in [0.15, 0.2) is 23.3 Å². The molecule has 2 rings (SSSR count). The van der Waals surface area contributed by atoms with E-state index in [4.69, 9.17) is 5.26 Å². The molecule has 0 radical (unpaired) electrons. The van der Waals surface area contributed by atoms with E-state index in [1.807, 2.05) is 0 Å². The third kappa shape index (κ3) is 2.29. The molecule has 3 nitrogen and oxygen atoms in total. The normalized spacial score (nSPS) is 25.3. The molecule has 1 N–H and O–H groups in total. The third-order valence-electron chi connectivity index (χ3n) is 4.77. The number of carboxylic acids is 1. The highest BCUT2D eigenvalue weighted by Crippen LogP contribution is 2.71. The van der Waals surface area contributed by atoms with E-state index in [2.05, 4.69) is 0 Å². The third-order valence-corrected chi connectivity index (χ3v) is 4.77. The van der Waals surface area contributed by atoms with Crippen molar-refractivity contribution in [3.63, 3.8) is 0 Å². The fourth-order valence-electron chi connectivity index (χ4n) is 3.31. The van der Waals surface area contributed by atoms with Gasteiger partial charge in [-0.1, -0.05) is 19.9 Å². The van der Waals surface area contributed by atoms with E-state index in [-0.39, 0.29) is 0 Å². The molecule has 122 valence electrons. The van der Waals surface area contributed by atoms with Crippen LogP contribution >= 0.6 is 0 Å². The van der Waals surface area contributed by atoms with Gasteiger partial charge in [-0.15, -0.1) is 0 Å². The second kappa shape index (κ2) is 5.37. The molecular weight excluding hydrogens is 314 g/mol. The first-order chi connectivity index (χ1) is 10.6. The van der Waals surface area contributed by atoms with Crippen LogP contribution in [0.25, 0.3) is 0 Å². The highest BCUT2D eigenvalue weighted by atomic mass is 19.2. The van der Waals surface area contributed by atoms with Gasteiger partial charge in [-0.05, 0) is 23.5 Å². The highest BCUT2D eigenvalue weighted by molar-refractivity contribution is 5.82. The maximum absolute atomic E-state index is 13.8. The van der Waals surface area contributed by atoms with E-state index < -0.39 is 58.0 Å². The van der Waals surface area contributed by atoms with Crippen molar-refractivity contribution in [3.8, 4) is 6.07 Å². The zero-order valence-electron chi connectivity index (χ0n) is 12.3. The quantitative estimate of drug-likeness (QED) is 0.398. The Bertz CT molecular complexity index is 751. The SMILES string of the molecule is CC1(C)C(/C=C\C#N)C1(Cc1cc(F)c(F)c(F)c1F)C(=O)O. The molecule has 1 aliphatic carbocycles. The van der Waals surface area contributed by atoms with Gasteiger partial charge in [-0.3, -0.25) is 4.79 Å². The number of nitrogens with zero attached hydrogens (tertiary/aromatic N) is 1. The number of benzene rings is 1. The zero-order chi connectivity index (χ0) is 17.6. The lowest BCUT2D eigenvalue weighted by Crippen LogP contribution is -2.25. The molecule has 1 aromatic carbocycles. The molecule has 0 saturated heterocycles. The Morgan fingerprint density at radius 1 is 1.30 bits per heavy atom. The fourth-order valence-corrected chi connectivity index (χ4v) is 3.31. The van der Waals surface area contributed by atoms with Crippen molar-refractivity contribution < 1.29 is 27.5 Å². The van der Waals surface area contributed by atoms with E-state index >= 15 is 0 Å². The maximum Gasteiger partial charge on any atom is 0.311 e. The van der Waals surface area contributed by atoms with Crippen LogP contribution in [0, 0.1) is 51.3 Å². The Hall–Kier alpha value is -2.36. The standard InChI is InChI=1S/C16H13F4NO2/c1-15(2)10(4-3-5-21)16(15,14(22)23)7-8-6-9(17)12(19)13(20)11(8)18/h3-4,6,10H,7H2,1-2H3,(H,22,23)/b4-3-. The predicted molar refractivity (Wildman–Crippen MR) is 72.1 cm³/mol. The van der Waals surface area contributed by atoms with E-state index in [9.17, 15) is 27.5 Å². The monoisotopic (exact) mass is 327 g/mol. The average Bonchev–Trinajstić information content (AvgIpc) is 2.96. The lowest BCUT2D eigenvalue weighted by atomic mass is 9.88. The minimum absolute atomic E-state index is 0.470. The zero-order valence-corrected chi connectivity index (χ0v) is 12.3. The first kappa shape index (κ1) is 17.0. The second-order valence-electron chi connectivity index (χ2n) is 6.10. The summed E-state index contributed by atoms with van der Waals surface area (Å²) in [6, 6.07) is 2.21. The van der Waals surface area contributed by atoms with Gasteiger partial charge in [0, 0.05) is 12.0 Å². The number of hydrogen-bond acceptors (Lipinski definition) is 2. The van der Waals surface area contributed by atoms with Gasteiger partial charge in [-0.25, -0.2) is 17.6 Å². The summed E-state index contributed by atoms with van der Waals surface area (Å²) < 4.78 is 53.5. The Balaban J connectivity index is 2.51. The molecule has 0 bridgehead atoms. The maximum atomic E-state index is 13.8. The van der Waals surface area contributed by atoms with Gasteiger partial charge in [0.05, 0.1) is 11.5 Å². The molecule has 0 aliphatic heterocycles. The van der Waals surface area contributed by atoms with E-state index in [1.165, 1.54) is 6.08 Å². The van der Waals surface area contributed by atoms with Gasteiger partial charge < -0.3 is 5.11 Å². The van der Waals surface area contributed by atoms with Crippen molar-refractivity contribution in [2.45, 2.75) is 20.3 Å². The van der Waals surface area contributed by atoms with Crippen molar-refractivity contribution in [2.75, 3.05) is 0 Å². The lowest BCUT2D eigenvalue weighted by Gasteiger charge is -2.16. The van der Waals surface area contributed by atoms with Gasteiger partial charge in [0.25, 0.3) is 0 Å². The van der Waals surface area contributed by atoms with Crippen molar-refractivity contribution in [2.24, 2.45) is 16.7 Å². The van der Waals surface area contributed by atoms with Crippen LogP contribution in [0.5, 0.6) is 0 Å². The molecular formula is C16H13F4NO2. The Morgan fingerprint density at radius 3 is 2.43 bits per heavy atom. The van der Waals surface area contributed by atoms with Crippen LogP contribution in [0.15, 0.2) is 18.2 Å². The average molecular weight is 327 g/mol. The first-order valence-corrected chi connectivity index (χ1v) is 6.72. The largest absolute Gasteiger partial charge is 0.481 e. The molecule has 1 aliphatic rings. The minimum atomic E-state index is -1.97. The summed E-state index contributed by atoms with van der Waals surface area (Å²) in [6.45, 7) is 3.20. The van der Waals surface area contributed by atoms with Crippen LogP contribution in [0.3, 0.4) is 0 Å². The molecule has 0 heterocycles. The molecule has 0 spiro atoms. The summed E-state index contributed by atoms with van der Waals surface area (Å²) >= 11 is 0. The molecule has 23 heavy (non-hydrogen) atoms. The first-order valence-electron chi connectivity index (χ1n) is 6.72. The number of hydrogen-bond donors (Lipinski definition) is 1. The number of carbonyl (C=O) groups is 1. The summed E-state index contributed by atoms with van der Waals surface area (Å²) in [6.07, 6.45) is 1.97. The molecule has 2 atom stereocenters. The summed E-state index contributed by atoms with van der Waals surface area (Å²) in [7, 11) is 0. The molecule has 0 amide bonds. The Kier molecular flexibility index (Phi) is 3.97. The van der Waals surface area contributed by atoms with Gasteiger partial charge >= 0.3 is 5.97 Å². The summed E-state index contributed by atoms with van der Waals surface area (Å²) in [5.41, 5.74) is -2.94. The van der Waals surface area contributed by atoms with Crippen molar-refractivity contribution in [1.82, 2.24) is 0 Å². The number of aliphatic carboxylic acids is 1. The number of allylic oxidation sites excluding steroid dienone is 2. The van der Waals surface area contributed by atoms with Crippen molar-refractivity contribution in [3.05, 3.63) is 47.1 Å². The summed E-state index contributed by atoms with van der Waals surface area (Å²) in [4.78, 5) is 11.7. The van der Waals surface area contributed by atoms with Crippen LogP contribution in [0.4, 0.5) is 17.6 Å². The predicted octanol–water partition coefficient (Wildman–Crippen LogP) is 3.59. The highest BCUT2D eigenvalue weighted by Gasteiger charge is 2.74. The molecule has 1 aromatic rings. The molecule has 1 fully saturated rings. The fraction of sp³-hybridized carbons (Fsp3) is 0.375. The topological polar surface area (TPSA) is 61.1 Å². The van der Waals surface area contributed by atoms with Crippen LogP contribution in [-0.4, -0.2) is 11.1 Å².